The first-order valence-electron chi connectivity index (χ1n) is 13.3. The van der Waals surface area contributed by atoms with Gasteiger partial charge in [-0.1, -0.05) is 43.3 Å². The number of amides is 2. The summed E-state index contributed by atoms with van der Waals surface area (Å²) < 4.78 is 18.1. The Labute approximate surface area is 233 Å². The summed E-state index contributed by atoms with van der Waals surface area (Å²) in [5.74, 6) is -0.224. The Balaban J connectivity index is 1.67. The molecule has 12 nitrogen and oxygen atoms in total. The summed E-state index contributed by atoms with van der Waals surface area (Å²) in [5, 5.41) is 14.1. The van der Waals surface area contributed by atoms with Crippen molar-refractivity contribution < 1.29 is 28.6 Å². The standard InChI is InChI=1S/C28H38N6O6/c1-4-10-24(35)39-16-9-15-30-27(37)40-18-21-13-8-14-23-32-33-25(34(21)23)22(31-26(36)28(2,3)29)19-38-17-20-11-6-5-7-12-20/h5-8,11-14,22H,4,9-10,15-19,29H2,1-3H3,(H,30,37)(H,31,36)/t22-/m1/s1. The van der Waals surface area contributed by atoms with Crippen LogP contribution in [0.15, 0.2) is 48.5 Å². The van der Waals surface area contributed by atoms with Gasteiger partial charge in [0.15, 0.2) is 11.5 Å². The van der Waals surface area contributed by atoms with Crippen molar-refractivity contribution in [1.82, 2.24) is 25.2 Å². The highest BCUT2D eigenvalue weighted by Crippen LogP contribution is 2.18. The van der Waals surface area contributed by atoms with Crippen molar-refractivity contribution in [1.29, 1.82) is 0 Å². The zero-order valence-electron chi connectivity index (χ0n) is 23.2. The average Bonchev–Trinajstić information content (AvgIpc) is 3.36. The molecule has 1 atom stereocenters. The lowest BCUT2D eigenvalue weighted by molar-refractivity contribution is -0.143. The van der Waals surface area contributed by atoms with Crippen LogP contribution in [0.3, 0.4) is 0 Å². The highest BCUT2D eigenvalue weighted by atomic mass is 16.5. The quantitative estimate of drug-likeness (QED) is 0.190. The van der Waals surface area contributed by atoms with E-state index in [0.29, 0.717) is 43.2 Å². The number of pyridine rings is 1. The molecule has 12 heteroatoms. The maximum atomic E-state index is 12.8. The van der Waals surface area contributed by atoms with Crippen LogP contribution in [0.4, 0.5) is 4.79 Å². The van der Waals surface area contributed by atoms with E-state index >= 15 is 0 Å². The molecule has 0 aliphatic heterocycles. The number of nitrogens with two attached hydrogens (primary N) is 1. The monoisotopic (exact) mass is 554 g/mol. The van der Waals surface area contributed by atoms with Gasteiger partial charge in [-0.2, -0.15) is 0 Å². The van der Waals surface area contributed by atoms with Crippen LogP contribution in [-0.2, 0) is 37.0 Å². The lowest BCUT2D eigenvalue weighted by atomic mass is 10.1. The van der Waals surface area contributed by atoms with Crippen LogP contribution in [0.25, 0.3) is 5.65 Å². The minimum atomic E-state index is -1.13. The molecule has 0 bridgehead atoms. The van der Waals surface area contributed by atoms with Gasteiger partial charge in [-0.25, -0.2) is 4.79 Å². The lowest BCUT2D eigenvalue weighted by Crippen LogP contribution is -2.51. The van der Waals surface area contributed by atoms with Crippen molar-refractivity contribution in [2.45, 2.75) is 64.8 Å². The van der Waals surface area contributed by atoms with Gasteiger partial charge >= 0.3 is 12.1 Å². The van der Waals surface area contributed by atoms with E-state index in [-0.39, 0.29) is 31.7 Å². The van der Waals surface area contributed by atoms with Gasteiger partial charge in [0.2, 0.25) is 5.91 Å². The molecule has 2 heterocycles. The molecule has 0 saturated carbocycles. The van der Waals surface area contributed by atoms with Crippen molar-refractivity contribution in [3.8, 4) is 0 Å². The number of fused-ring (bicyclic) bond motifs is 1. The molecule has 0 fully saturated rings. The maximum Gasteiger partial charge on any atom is 0.407 e. The summed E-state index contributed by atoms with van der Waals surface area (Å²) in [7, 11) is 0. The molecule has 1 aromatic carbocycles. The number of esters is 1. The Morgan fingerprint density at radius 1 is 1.02 bits per heavy atom. The number of nitrogens with one attached hydrogen (secondary N) is 2. The van der Waals surface area contributed by atoms with E-state index in [0.717, 1.165) is 12.0 Å². The summed E-state index contributed by atoms with van der Waals surface area (Å²) in [6, 6.07) is 14.3. The molecule has 216 valence electrons. The topological polar surface area (TPSA) is 159 Å². The summed E-state index contributed by atoms with van der Waals surface area (Å²) >= 11 is 0. The molecular weight excluding hydrogens is 516 g/mol. The minimum absolute atomic E-state index is 0.0758. The van der Waals surface area contributed by atoms with Crippen LogP contribution in [0.2, 0.25) is 0 Å². The van der Waals surface area contributed by atoms with Crippen molar-refractivity contribution >= 4 is 23.6 Å². The molecular formula is C28H38N6O6. The molecule has 0 aliphatic rings. The number of carbonyl (C=O) groups is 3. The third kappa shape index (κ3) is 9.31. The summed E-state index contributed by atoms with van der Waals surface area (Å²) in [4.78, 5) is 36.5. The number of aromatic nitrogens is 3. The molecule has 4 N–H and O–H groups in total. The van der Waals surface area contributed by atoms with Gasteiger partial charge in [0, 0.05) is 13.0 Å². The highest BCUT2D eigenvalue weighted by Gasteiger charge is 2.28. The van der Waals surface area contributed by atoms with Crippen molar-refractivity contribution in [2.24, 2.45) is 5.73 Å². The van der Waals surface area contributed by atoms with Gasteiger partial charge in [0.25, 0.3) is 0 Å². The van der Waals surface area contributed by atoms with Gasteiger partial charge in [-0.15, -0.1) is 10.2 Å². The number of benzene rings is 1. The molecule has 3 rings (SSSR count). The molecule has 0 saturated heterocycles. The van der Waals surface area contributed by atoms with Gasteiger partial charge in [0.1, 0.15) is 12.6 Å². The number of hydrogen-bond donors (Lipinski definition) is 3. The Kier molecular flexibility index (Phi) is 11.4. The van der Waals surface area contributed by atoms with E-state index in [2.05, 4.69) is 20.8 Å². The second-order valence-corrected chi connectivity index (χ2v) is 9.84. The molecule has 0 aliphatic carbocycles. The summed E-state index contributed by atoms with van der Waals surface area (Å²) in [6.07, 6.45) is 0.952. The normalized spacial score (nSPS) is 12.1. The Bertz CT molecular complexity index is 1260. The predicted octanol–water partition coefficient (Wildman–Crippen LogP) is 2.80. The van der Waals surface area contributed by atoms with Gasteiger partial charge in [-0.3, -0.25) is 14.0 Å². The van der Waals surface area contributed by atoms with Crippen LogP contribution in [0.5, 0.6) is 0 Å². The fourth-order valence-corrected chi connectivity index (χ4v) is 3.68. The number of hydrogen-bond acceptors (Lipinski definition) is 9. The molecule has 0 unspecified atom stereocenters. The van der Waals surface area contributed by atoms with Crippen LogP contribution >= 0.6 is 0 Å². The van der Waals surface area contributed by atoms with E-state index < -0.39 is 17.7 Å². The van der Waals surface area contributed by atoms with Crippen LogP contribution in [0, 0.1) is 0 Å². The third-order valence-corrected chi connectivity index (χ3v) is 5.79. The molecule has 0 radical (unpaired) electrons. The largest absolute Gasteiger partial charge is 0.466 e. The first-order valence-corrected chi connectivity index (χ1v) is 13.3. The fraction of sp³-hybridized carbons (Fsp3) is 0.464. The fourth-order valence-electron chi connectivity index (χ4n) is 3.68. The molecule has 3 aromatic rings. The predicted molar refractivity (Wildman–Crippen MR) is 147 cm³/mol. The zero-order chi connectivity index (χ0) is 29.0. The Morgan fingerprint density at radius 3 is 2.52 bits per heavy atom. The average molecular weight is 555 g/mol. The van der Waals surface area contributed by atoms with E-state index in [9.17, 15) is 14.4 Å². The number of nitrogens with zero attached hydrogens (tertiary/aromatic N) is 3. The summed E-state index contributed by atoms with van der Waals surface area (Å²) in [5.41, 5.74) is 6.99. The molecule has 2 aromatic heterocycles. The SMILES string of the molecule is CCCC(=O)OCCCNC(=O)OCc1cccc2nnc([C@@H](COCc3ccccc3)NC(=O)C(C)(C)N)n12. The smallest absolute Gasteiger partial charge is 0.407 e. The number of ether oxygens (including phenoxy) is 3. The second-order valence-electron chi connectivity index (χ2n) is 9.84. The van der Waals surface area contributed by atoms with Crippen LogP contribution in [-0.4, -0.2) is 57.9 Å². The second kappa shape index (κ2) is 14.9. The summed E-state index contributed by atoms with van der Waals surface area (Å²) in [6.45, 7) is 6.01. The third-order valence-electron chi connectivity index (χ3n) is 5.79. The highest BCUT2D eigenvalue weighted by molar-refractivity contribution is 5.85. The van der Waals surface area contributed by atoms with Crippen molar-refractivity contribution in [3.63, 3.8) is 0 Å². The van der Waals surface area contributed by atoms with Gasteiger partial charge in [0.05, 0.1) is 31.1 Å². The van der Waals surface area contributed by atoms with Gasteiger partial charge in [-0.05, 0) is 44.4 Å². The molecule has 2 amide bonds. The Hall–Kier alpha value is -4.03. The number of rotatable bonds is 15. The number of alkyl carbamates (subject to hydrolysis) is 1. The first kappa shape index (κ1) is 30.5. The zero-order valence-corrected chi connectivity index (χ0v) is 23.2. The molecule has 40 heavy (non-hydrogen) atoms. The lowest BCUT2D eigenvalue weighted by Gasteiger charge is -2.24. The van der Waals surface area contributed by atoms with Crippen molar-refractivity contribution in [3.05, 3.63) is 65.6 Å². The molecule has 0 spiro atoms. The number of carbonyl (C=O) groups excluding carboxylic acids is 3. The van der Waals surface area contributed by atoms with Crippen molar-refractivity contribution in [2.75, 3.05) is 19.8 Å². The van der Waals surface area contributed by atoms with Crippen LogP contribution < -0.4 is 16.4 Å². The van der Waals surface area contributed by atoms with E-state index in [1.807, 2.05) is 37.3 Å². The maximum absolute atomic E-state index is 12.8. The minimum Gasteiger partial charge on any atom is -0.466 e. The van der Waals surface area contributed by atoms with E-state index in [1.54, 1.807) is 36.4 Å². The Morgan fingerprint density at radius 2 is 1.80 bits per heavy atom. The van der Waals surface area contributed by atoms with Gasteiger partial charge < -0.3 is 30.6 Å². The van der Waals surface area contributed by atoms with Crippen LogP contribution in [0.1, 0.15) is 63.2 Å². The van der Waals surface area contributed by atoms with E-state index in [1.165, 1.54) is 0 Å². The first-order chi connectivity index (χ1) is 19.2. The van der Waals surface area contributed by atoms with E-state index in [4.69, 9.17) is 19.9 Å².